The number of nitrogens with one attached hydrogen (secondary N) is 1. The van der Waals surface area contributed by atoms with Crippen LogP contribution in [0.2, 0.25) is 5.02 Å². The molecule has 0 fully saturated rings. The van der Waals surface area contributed by atoms with E-state index in [-0.39, 0.29) is 6.04 Å². The molecule has 0 aliphatic carbocycles. The Labute approximate surface area is 108 Å². The second-order valence-electron chi connectivity index (χ2n) is 3.73. The minimum absolute atomic E-state index is 0.203. The van der Waals surface area contributed by atoms with Crippen molar-refractivity contribution in [2.45, 2.75) is 13.0 Å². The standard InChI is InChI=1S/C13H20ClNO2/c1-3-15-13(10-17-9-8-16-2)11-4-6-12(14)7-5-11/h4-7,13,15H,3,8-10H2,1-2H3. The minimum atomic E-state index is 0.203. The van der Waals surface area contributed by atoms with Crippen molar-refractivity contribution in [1.82, 2.24) is 5.32 Å². The molecule has 0 aromatic heterocycles. The Hall–Kier alpha value is -0.610. The highest BCUT2D eigenvalue weighted by Crippen LogP contribution is 2.16. The van der Waals surface area contributed by atoms with Crippen LogP contribution >= 0.6 is 11.6 Å². The Balaban J connectivity index is 2.49. The molecule has 0 spiro atoms. The van der Waals surface area contributed by atoms with Gasteiger partial charge in [0.15, 0.2) is 0 Å². The molecule has 0 saturated heterocycles. The first kappa shape index (κ1) is 14.5. The van der Waals surface area contributed by atoms with Crippen molar-refractivity contribution in [3.05, 3.63) is 34.9 Å². The lowest BCUT2D eigenvalue weighted by Gasteiger charge is -2.18. The number of methoxy groups -OCH3 is 1. The topological polar surface area (TPSA) is 30.5 Å². The maximum absolute atomic E-state index is 5.87. The molecule has 0 bridgehead atoms. The summed E-state index contributed by atoms with van der Waals surface area (Å²) >= 11 is 5.87. The van der Waals surface area contributed by atoms with Crippen molar-refractivity contribution in [1.29, 1.82) is 0 Å². The summed E-state index contributed by atoms with van der Waals surface area (Å²) in [6.45, 7) is 4.86. The summed E-state index contributed by atoms with van der Waals surface area (Å²) in [4.78, 5) is 0. The molecule has 1 unspecified atom stereocenters. The molecule has 1 N–H and O–H groups in total. The van der Waals surface area contributed by atoms with Crippen molar-refractivity contribution >= 4 is 11.6 Å². The largest absolute Gasteiger partial charge is 0.382 e. The van der Waals surface area contributed by atoms with Gasteiger partial charge >= 0.3 is 0 Å². The van der Waals surface area contributed by atoms with E-state index < -0.39 is 0 Å². The predicted molar refractivity (Wildman–Crippen MR) is 70.6 cm³/mol. The maximum atomic E-state index is 5.87. The van der Waals surface area contributed by atoms with Crippen LogP contribution < -0.4 is 5.32 Å². The van der Waals surface area contributed by atoms with E-state index in [4.69, 9.17) is 21.1 Å². The molecule has 0 saturated carbocycles. The number of ether oxygens (including phenoxy) is 2. The van der Waals surface area contributed by atoms with Crippen molar-refractivity contribution < 1.29 is 9.47 Å². The lowest BCUT2D eigenvalue weighted by molar-refractivity contribution is 0.0588. The molecule has 17 heavy (non-hydrogen) atoms. The van der Waals surface area contributed by atoms with E-state index >= 15 is 0 Å². The molecule has 0 aliphatic rings. The summed E-state index contributed by atoms with van der Waals surface area (Å²) in [5.41, 5.74) is 1.19. The van der Waals surface area contributed by atoms with Gasteiger partial charge in [-0.25, -0.2) is 0 Å². The fourth-order valence-electron chi connectivity index (χ4n) is 1.56. The molecule has 0 aliphatic heterocycles. The van der Waals surface area contributed by atoms with Crippen LogP contribution in [0.4, 0.5) is 0 Å². The molecule has 1 atom stereocenters. The van der Waals surface area contributed by atoms with Gasteiger partial charge in [0.25, 0.3) is 0 Å². The highest BCUT2D eigenvalue weighted by Gasteiger charge is 2.09. The van der Waals surface area contributed by atoms with E-state index in [1.165, 1.54) is 5.56 Å². The Morgan fingerprint density at radius 3 is 2.53 bits per heavy atom. The zero-order valence-corrected chi connectivity index (χ0v) is 11.2. The number of likely N-dealkylation sites (N-methyl/N-ethyl adjacent to an activating group) is 1. The molecular weight excluding hydrogens is 238 g/mol. The van der Waals surface area contributed by atoms with Crippen molar-refractivity contribution in [3.63, 3.8) is 0 Å². The van der Waals surface area contributed by atoms with Crippen LogP contribution in [0.3, 0.4) is 0 Å². The van der Waals surface area contributed by atoms with Gasteiger partial charge in [-0.05, 0) is 24.2 Å². The summed E-state index contributed by atoms with van der Waals surface area (Å²) in [5.74, 6) is 0. The van der Waals surface area contributed by atoms with Gasteiger partial charge in [-0.3, -0.25) is 0 Å². The van der Waals surface area contributed by atoms with Crippen LogP contribution in [0, 0.1) is 0 Å². The van der Waals surface area contributed by atoms with E-state index in [0.29, 0.717) is 19.8 Å². The SMILES string of the molecule is CCNC(COCCOC)c1ccc(Cl)cc1. The summed E-state index contributed by atoms with van der Waals surface area (Å²) < 4.78 is 10.5. The van der Waals surface area contributed by atoms with E-state index in [1.54, 1.807) is 7.11 Å². The molecule has 1 aromatic rings. The van der Waals surface area contributed by atoms with Crippen LogP contribution in [0.5, 0.6) is 0 Å². The van der Waals surface area contributed by atoms with Crippen molar-refractivity contribution in [2.75, 3.05) is 33.5 Å². The van der Waals surface area contributed by atoms with Gasteiger partial charge in [-0.2, -0.15) is 0 Å². The zero-order valence-electron chi connectivity index (χ0n) is 10.4. The van der Waals surface area contributed by atoms with Crippen LogP contribution in [0.25, 0.3) is 0 Å². The fourth-order valence-corrected chi connectivity index (χ4v) is 1.68. The molecule has 1 aromatic carbocycles. The summed E-state index contributed by atoms with van der Waals surface area (Å²) in [5, 5.41) is 4.14. The molecule has 3 nitrogen and oxygen atoms in total. The Bertz CT molecular complexity index is 303. The zero-order chi connectivity index (χ0) is 12.5. The van der Waals surface area contributed by atoms with E-state index in [1.807, 2.05) is 24.3 Å². The smallest absolute Gasteiger partial charge is 0.0701 e. The quantitative estimate of drug-likeness (QED) is 0.727. The number of benzene rings is 1. The first-order valence-electron chi connectivity index (χ1n) is 5.83. The Morgan fingerprint density at radius 1 is 1.24 bits per heavy atom. The molecule has 1 rings (SSSR count). The first-order chi connectivity index (χ1) is 8.27. The van der Waals surface area contributed by atoms with Crippen LogP contribution in [-0.2, 0) is 9.47 Å². The van der Waals surface area contributed by atoms with Gasteiger partial charge in [0.1, 0.15) is 0 Å². The third-order valence-electron chi connectivity index (χ3n) is 2.44. The number of rotatable bonds is 8. The van der Waals surface area contributed by atoms with Crippen molar-refractivity contribution in [3.8, 4) is 0 Å². The van der Waals surface area contributed by atoms with Gasteiger partial charge < -0.3 is 14.8 Å². The third kappa shape index (κ3) is 5.50. The molecule has 0 amide bonds. The second-order valence-corrected chi connectivity index (χ2v) is 4.17. The second kappa shape index (κ2) is 8.48. The number of hydrogen-bond donors (Lipinski definition) is 1. The number of hydrogen-bond acceptors (Lipinski definition) is 3. The van der Waals surface area contributed by atoms with Crippen LogP contribution in [0.15, 0.2) is 24.3 Å². The minimum Gasteiger partial charge on any atom is -0.382 e. The highest BCUT2D eigenvalue weighted by atomic mass is 35.5. The van der Waals surface area contributed by atoms with E-state index in [2.05, 4.69) is 12.2 Å². The van der Waals surface area contributed by atoms with Gasteiger partial charge in [-0.15, -0.1) is 0 Å². The summed E-state index contributed by atoms with van der Waals surface area (Å²) in [6, 6.07) is 8.05. The highest BCUT2D eigenvalue weighted by molar-refractivity contribution is 6.30. The molecule has 0 radical (unpaired) electrons. The Morgan fingerprint density at radius 2 is 1.94 bits per heavy atom. The van der Waals surface area contributed by atoms with Gasteiger partial charge in [0.2, 0.25) is 0 Å². The average molecular weight is 258 g/mol. The van der Waals surface area contributed by atoms with Gasteiger partial charge in [-0.1, -0.05) is 30.7 Å². The van der Waals surface area contributed by atoms with Crippen LogP contribution in [0.1, 0.15) is 18.5 Å². The summed E-state index contributed by atoms with van der Waals surface area (Å²) in [7, 11) is 1.67. The number of halogens is 1. The van der Waals surface area contributed by atoms with Crippen LogP contribution in [-0.4, -0.2) is 33.5 Å². The molecule has 4 heteroatoms. The summed E-state index contributed by atoms with van der Waals surface area (Å²) in [6.07, 6.45) is 0. The predicted octanol–water partition coefficient (Wildman–Crippen LogP) is 2.65. The normalized spacial score (nSPS) is 12.6. The monoisotopic (exact) mass is 257 g/mol. The lowest BCUT2D eigenvalue weighted by atomic mass is 10.1. The fraction of sp³-hybridized carbons (Fsp3) is 0.538. The maximum Gasteiger partial charge on any atom is 0.0701 e. The van der Waals surface area contributed by atoms with Gasteiger partial charge in [0.05, 0.1) is 25.9 Å². The molecule has 96 valence electrons. The van der Waals surface area contributed by atoms with E-state index in [9.17, 15) is 0 Å². The van der Waals surface area contributed by atoms with E-state index in [0.717, 1.165) is 11.6 Å². The Kier molecular flexibility index (Phi) is 7.21. The molecular formula is C13H20ClNO2. The average Bonchev–Trinajstić information content (AvgIpc) is 2.34. The first-order valence-corrected chi connectivity index (χ1v) is 6.21. The van der Waals surface area contributed by atoms with Gasteiger partial charge in [0, 0.05) is 12.1 Å². The van der Waals surface area contributed by atoms with Crippen molar-refractivity contribution in [2.24, 2.45) is 0 Å². The molecule has 0 heterocycles. The lowest BCUT2D eigenvalue weighted by Crippen LogP contribution is -2.26. The third-order valence-corrected chi connectivity index (χ3v) is 2.69.